The first-order valence-electron chi connectivity index (χ1n) is 8.32. The first-order chi connectivity index (χ1) is 11.4. The minimum atomic E-state index is -0.224. The molecule has 0 spiro atoms. The molecule has 2 rings (SSSR count). The lowest BCUT2D eigenvalue weighted by atomic mass is 9.98. The molecule has 24 heavy (non-hydrogen) atoms. The van der Waals surface area contributed by atoms with Gasteiger partial charge in [0.05, 0.1) is 7.05 Å². The van der Waals surface area contributed by atoms with E-state index < -0.39 is 0 Å². The van der Waals surface area contributed by atoms with Gasteiger partial charge in [-0.2, -0.15) is 0 Å². The van der Waals surface area contributed by atoms with Gasteiger partial charge in [-0.15, -0.1) is 0 Å². The van der Waals surface area contributed by atoms with Crippen LogP contribution in [0, 0.1) is 12.7 Å². The van der Waals surface area contributed by atoms with Crippen LogP contribution in [-0.4, -0.2) is 19.5 Å². The summed E-state index contributed by atoms with van der Waals surface area (Å²) in [6.07, 6.45) is 0. The standard InChI is InChI=1S/C20H25FN2O/c1-14(2)17-10-7-8-15(3)20(17)22-19(24)13-23(4)12-16-9-5-6-11-18(16)21/h5-11,14H,12-13H2,1-4H3,(H,22,24)/p+1. The largest absolute Gasteiger partial charge is 0.326 e. The van der Waals surface area contributed by atoms with E-state index in [4.69, 9.17) is 0 Å². The molecule has 0 heterocycles. The summed E-state index contributed by atoms with van der Waals surface area (Å²) in [5.41, 5.74) is 3.72. The van der Waals surface area contributed by atoms with Gasteiger partial charge in [-0.05, 0) is 30.0 Å². The highest BCUT2D eigenvalue weighted by Gasteiger charge is 2.16. The number of carbonyl (C=O) groups is 1. The van der Waals surface area contributed by atoms with E-state index in [1.54, 1.807) is 12.1 Å². The lowest BCUT2D eigenvalue weighted by molar-refractivity contribution is -0.885. The van der Waals surface area contributed by atoms with Crippen LogP contribution in [0.5, 0.6) is 0 Å². The quantitative estimate of drug-likeness (QED) is 0.839. The van der Waals surface area contributed by atoms with Gasteiger partial charge < -0.3 is 10.2 Å². The van der Waals surface area contributed by atoms with Crippen molar-refractivity contribution in [3.8, 4) is 0 Å². The Morgan fingerprint density at radius 3 is 2.54 bits per heavy atom. The molecule has 0 fully saturated rings. The normalized spacial score (nSPS) is 12.2. The van der Waals surface area contributed by atoms with E-state index in [2.05, 4.69) is 19.2 Å². The average Bonchev–Trinajstić information content (AvgIpc) is 2.51. The molecule has 128 valence electrons. The molecule has 2 aromatic carbocycles. The molecule has 1 atom stereocenters. The second-order valence-corrected chi connectivity index (χ2v) is 6.64. The van der Waals surface area contributed by atoms with Gasteiger partial charge in [-0.1, -0.05) is 50.2 Å². The zero-order chi connectivity index (χ0) is 17.7. The number of hydrogen-bond donors (Lipinski definition) is 2. The Morgan fingerprint density at radius 1 is 1.17 bits per heavy atom. The van der Waals surface area contributed by atoms with E-state index in [-0.39, 0.29) is 11.7 Å². The van der Waals surface area contributed by atoms with Crippen LogP contribution in [0.15, 0.2) is 42.5 Å². The van der Waals surface area contributed by atoms with Crippen molar-refractivity contribution in [1.82, 2.24) is 0 Å². The molecule has 0 bridgehead atoms. The summed E-state index contributed by atoms with van der Waals surface area (Å²) >= 11 is 0. The third-order valence-electron chi connectivity index (χ3n) is 4.10. The number of likely N-dealkylation sites (N-methyl/N-ethyl adjacent to an activating group) is 1. The Bertz CT molecular complexity index is 713. The van der Waals surface area contributed by atoms with Gasteiger partial charge in [-0.25, -0.2) is 4.39 Å². The molecule has 4 heteroatoms. The molecular formula is C20H26FN2O+. The molecule has 3 nitrogen and oxygen atoms in total. The fourth-order valence-corrected chi connectivity index (χ4v) is 2.83. The van der Waals surface area contributed by atoms with Crippen molar-refractivity contribution in [2.75, 3.05) is 18.9 Å². The number of nitrogens with one attached hydrogen (secondary N) is 2. The SMILES string of the molecule is Cc1cccc(C(C)C)c1NC(=O)C[NH+](C)Cc1ccccc1F. The molecule has 0 aliphatic carbocycles. The van der Waals surface area contributed by atoms with Crippen molar-refractivity contribution in [1.29, 1.82) is 0 Å². The van der Waals surface area contributed by atoms with Crippen molar-refractivity contribution < 1.29 is 14.1 Å². The Kier molecular flexibility index (Phi) is 6.10. The van der Waals surface area contributed by atoms with Crippen LogP contribution in [0.4, 0.5) is 10.1 Å². The first kappa shape index (κ1) is 18.1. The number of benzene rings is 2. The van der Waals surface area contributed by atoms with Crippen LogP contribution in [0.2, 0.25) is 0 Å². The average molecular weight is 329 g/mol. The number of rotatable bonds is 6. The summed E-state index contributed by atoms with van der Waals surface area (Å²) in [4.78, 5) is 13.3. The fourth-order valence-electron chi connectivity index (χ4n) is 2.83. The maximum atomic E-state index is 13.7. The number of anilines is 1. The molecule has 0 aromatic heterocycles. The molecule has 2 N–H and O–H groups in total. The Balaban J connectivity index is 2.02. The molecule has 0 aliphatic rings. The zero-order valence-corrected chi connectivity index (χ0v) is 14.8. The molecule has 1 amide bonds. The third-order valence-corrected chi connectivity index (χ3v) is 4.10. The van der Waals surface area contributed by atoms with E-state index in [9.17, 15) is 9.18 Å². The van der Waals surface area contributed by atoms with Crippen molar-refractivity contribution in [3.63, 3.8) is 0 Å². The van der Waals surface area contributed by atoms with E-state index in [1.165, 1.54) is 6.07 Å². The second-order valence-electron chi connectivity index (χ2n) is 6.64. The van der Waals surface area contributed by atoms with Crippen LogP contribution in [0.25, 0.3) is 0 Å². The fraction of sp³-hybridized carbons (Fsp3) is 0.350. The molecule has 2 aromatic rings. The maximum Gasteiger partial charge on any atom is 0.279 e. The highest BCUT2D eigenvalue weighted by atomic mass is 19.1. The summed E-state index contributed by atoms with van der Waals surface area (Å²) in [6, 6.07) is 12.7. The predicted molar refractivity (Wildman–Crippen MR) is 95.8 cm³/mol. The molecule has 0 saturated heterocycles. The van der Waals surface area contributed by atoms with Crippen LogP contribution >= 0.6 is 0 Å². The van der Waals surface area contributed by atoms with Gasteiger partial charge in [-0.3, -0.25) is 4.79 Å². The summed E-state index contributed by atoms with van der Waals surface area (Å²) in [7, 11) is 1.90. The van der Waals surface area contributed by atoms with Crippen LogP contribution in [0.3, 0.4) is 0 Å². The van der Waals surface area contributed by atoms with Gasteiger partial charge >= 0.3 is 0 Å². The minimum absolute atomic E-state index is 0.0555. The van der Waals surface area contributed by atoms with Crippen LogP contribution < -0.4 is 10.2 Å². The molecule has 0 aliphatic heterocycles. The highest BCUT2D eigenvalue weighted by molar-refractivity contribution is 5.93. The number of carbonyl (C=O) groups excluding carboxylic acids is 1. The van der Waals surface area contributed by atoms with E-state index >= 15 is 0 Å². The number of quaternary nitrogens is 1. The van der Waals surface area contributed by atoms with E-state index in [0.717, 1.165) is 21.7 Å². The Morgan fingerprint density at radius 2 is 1.88 bits per heavy atom. The third kappa shape index (κ3) is 4.65. The summed E-state index contributed by atoms with van der Waals surface area (Å²) in [5, 5.41) is 3.04. The van der Waals surface area contributed by atoms with Crippen molar-refractivity contribution in [3.05, 3.63) is 65.0 Å². The molecular weight excluding hydrogens is 303 g/mol. The first-order valence-corrected chi connectivity index (χ1v) is 8.32. The van der Waals surface area contributed by atoms with E-state index in [0.29, 0.717) is 24.6 Å². The van der Waals surface area contributed by atoms with Gasteiger partial charge in [0.1, 0.15) is 12.4 Å². The minimum Gasteiger partial charge on any atom is -0.326 e. The molecule has 0 saturated carbocycles. The monoisotopic (exact) mass is 329 g/mol. The second kappa shape index (κ2) is 8.06. The zero-order valence-electron chi connectivity index (χ0n) is 14.8. The smallest absolute Gasteiger partial charge is 0.279 e. The lowest BCUT2D eigenvalue weighted by Gasteiger charge is -2.18. The predicted octanol–water partition coefficient (Wildman–Crippen LogP) is 2.91. The summed E-state index contributed by atoms with van der Waals surface area (Å²) < 4.78 is 13.7. The van der Waals surface area contributed by atoms with E-state index in [1.807, 2.05) is 38.2 Å². The Labute approximate surface area is 143 Å². The van der Waals surface area contributed by atoms with Gasteiger partial charge in [0.25, 0.3) is 5.91 Å². The van der Waals surface area contributed by atoms with Gasteiger partial charge in [0.15, 0.2) is 6.54 Å². The molecule has 1 unspecified atom stereocenters. The van der Waals surface area contributed by atoms with Crippen LogP contribution in [0.1, 0.15) is 36.5 Å². The van der Waals surface area contributed by atoms with Crippen LogP contribution in [-0.2, 0) is 11.3 Å². The number of amides is 1. The summed E-state index contributed by atoms with van der Waals surface area (Å²) in [5.74, 6) is 0.0574. The van der Waals surface area contributed by atoms with Gasteiger partial charge in [0.2, 0.25) is 0 Å². The van der Waals surface area contributed by atoms with Gasteiger partial charge in [0, 0.05) is 11.3 Å². The topological polar surface area (TPSA) is 33.5 Å². The number of halogens is 1. The highest BCUT2D eigenvalue weighted by Crippen LogP contribution is 2.27. The van der Waals surface area contributed by atoms with Crippen molar-refractivity contribution in [2.45, 2.75) is 33.2 Å². The Hall–Kier alpha value is -2.20. The molecule has 0 radical (unpaired) electrons. The maximum absolute atomic E-state index is 13.7. The van der Waals surface area contributed by atoms with Crippen molar-refractivity contribution >= 4 is 11.6 Å². The lowest BCUT2D eigenvalue weighted by Crippen LogP contribution is -3.08. The van der Waals surface area contributed by atoms with Crippen molar-refractivity contribution in [2.24, 2.45) is 0 Å². The number of hydrogen-bond acceptors (Lipinski definition) is 1. The number of para-hydroxylation sites is 1. The summed E-state index contributed by atoms with van der Waals surface area (Å²) in [6.45, 7) is 6.99. The number of aryl methyl sites for hydroxylation is 1.